The number of rotatable bonds is 12. The van der Waals surface area contributed by atoms with Crippen LogP contribution in [0.15, 0.2) is 114 Å². The van der Waals surface area contributed by atoms with Gasteiger partial charge in [0.05, 0.1) is 10.2 Å². The van der Waals surface area contributed by atoms with Gasteiger partial charge in [-0.3, -0.25) is 0 Å². The van der Waals surface area contributed by atoms with Gasteiger partial charge in [0.1, 0.15) is 0 Å². The van der Waals surface area contributed by atoms with Crippen LogP contribution in [0.1, 0.15) is 36.3 Å². The number of hydrogen-bond donors (Lipinski definition) is 4. The maximum atomic E-state index is 9.55. The first kappa shape index (κ1) is 37.7. The average molecular weight is 691 g/mol. The fraction of sp³-hybridized carbons (Fsp3) is 0.250. The zero-order chi connectivity index (χ0) is 34.7. The number of benzene rings is 3. The maximum absolute atomic E-state index is 9.55. The van der Waals surface area contributed by atoms with Gasteiger partial charge in [-0.2, -0.15) is 0 Å². The van der Waals surface area contributed by atoms with E-state index in [1.54, 1.807) is 0 Å². The van der Waals surface area contributed by atoms with Crippen LogP contribution >= 0.6 is 23.1 Å². The third-order valence-electron chi connectivity index (χ3n) is 7.28. The predicted molar refractivity (Wildman–Crippen MR) is 188 cm³/mol. The number of carbonyl (C=O) groups is 4. The number of carboxylic acid groups (broad SMARTS) is 4. The molecule has 2 heterocycles. The van der Waals surface area contributed by atoms with Crippen LogP contribution in [0.2, 0.25) is 0 Å². The number of hydrogen-bond acceptors (Lipinski definition) is 8. The van der Waals surface area contributed by atoms with Crippen molar-refractivity contribution in [1.82, 2.24) is 9.88 Å². The number of fused-ring (bicyclic) bond motifs is 1. The summed E-state index contributed by atoms with van der Waals surface area (Å²) in [5.74, 6) is -2.65. The van der Waals surface area contributed by atoms with Crippen LogP contribution in [-0.2, 0) is 19.2 Å². The Morgan fingerprint density at radius 3 is 1.65 bits per heavy atom. The van der Waals surface area contributed by atoms with Crippen LogP contribution in [0.3, 0.4) is 0 Å². The van der Waals surface area contributed by atoms with Gasteiger partial charge in [-0.15, -0.1) is 11.3 Å². The Hall–Kier alpha value is -4.78. The van der Waals surface area contributed by atoms with E-state index < -0.39 is 23.9 Å². The third kappa shape index (κ3) is 13.9. The molecule has 1 aromatic heterocycles. The smallest absolute Gasteiger partial charge is 0.328 e. The third-order valence-corrected chi connectivity index (χ3v) is 9.54. The first-order valence-electron chi connectivity index (χ1n) is 15.2. The number of para-hydroxylation sites is 1. The minimum Gasteiger partial charge on any atom is -0.478 e. The molecule has 1 saturated heterocycles. The van der Waals surface area contributed by atoms with E-state index >= 15 is 0 Å². The summed E-state index contributed by atoms with van der Waals surface area (Å²) in [6, 6.07) is 30.7. The Morgan fingerprint density at radius 2 is 1.19 bits per heavy atom. The summed E-state index contributed by atoms with van der Waals surface area (Å²) in [5, 5.41) is 31.2. The fourth-order valence-corrected chi connectivity index (χ4v) is 7.28. The molecule has 0 saturated carbocycles. The van der Waals surface area contributed by atoms with Crippen LogP contribution < -0.4 is 0 Å². The molecule has 0 bridgehead atoms. The molecule has 48 heavy (non-hydrogen) atoms. The monoisotopic (exact) mass is 690 g/mol. The minimum absolute atomic E-state index is 0.508. The second-order valence-electron chi connectivity index (χ2n) is 10.6. The summed E-state index contributed by atoms with van der Waals surface area (Å²) in [6.45, 7) is 3.63. The van der Waals surface area contributed by atoms with Gasteiger partial charge in [0.15, 0.2) is 4.34 Å². The largest absolute Gasteiger partial charge is 0.478 e. The number of carboxylic acids is 4. The number of aliphatic carboxylic acids is 4. The molecule has 0 atom stereocenters. The first-order valence-corrected chi connectivity index (χ1v) is 17.0. The van der Waals surface area contributed by atoms with Crippen molar-refractivity contribution in [1.29, 1.82) is 0 Å². The molecular formula is C36H38N2O8S2. The van der Waals surface area contributed by atoms with E-state index in [9.17, 15) is 19.2 Å². The predicted octanol–water partition coefficient (Wildman–Crippen LogP) is 6.75. The van der Waals surface area contributed by atoms with E-state index in [1.807, 2.05) is 23.1 Å². The zero-order valence-electron chi connectivity index (χ0n) is 26.1. The lowest BCUT2D eigenvalue weighted by atomic mass is 9.76. The Balaban J connectivity index is 0.000000325. The number of thioether (sulfide) groups is 1. The molecule has 4 aromatic rings. The van der Waals surface area contributed by atoms with Gasteiger partial charge in [0.2, 0.25) is 0 Å². The number of thiazole rings is 1. The number of likely N-dealkylation sites (tertiary alicyclic amines) is 1. The van der Waals surface area contributed by atoms with Gasteiger partial charge in [-0.1, -0.05) is 84.6 Å². The molecule has 10 nitrogen and oxygen atoms in total. The van der Waals surface area contributed by atoms with Gasteiger partial charge in [-0.05, 0) is 68.1 Å². The van der Waals surface area contributed by atoms with E-state index in [4.69, 9.17) is 25.4 Å². The van der Waals surface area contributed by atoms with Crippen molar-refractivity contribution in [2.45, 2.75) is 29.5 Å². The number of nitrogens with zero attached hydrogens (tertiary/aromatic N) is 2. The van der Waals surface area contributed by atoms with Crippen molar-refractivity contribution < 1.29 is 39.6 Å². The summed E-state index contributed by atoms with van der Waals surface area (Å²) in [4.78, 5) is 45.6. The van der Waals surface area contributed by atoms with E-state index in [1.165, 1.54) is 59.1 Å². The Morgan fingerprint density at radius 1 is 0.729 bits per heavy atom. The van der Waals surface area contributed by atoms with E-state index in [2.05, 4.69) is 89.8 Å². The Labute approximate surface area is 287 Å². The maximum Gasteiger partial charge on any atom is 0.328 e. The van der Waals surface area contributed by atoms with E-state index in [0.29, 0.717) is 36.1 Å². The summed E-state index contributed by atoms with van der Waals surface area (Å²) >= 11 is 3.74. The molecule has 12 heteroatoms. The number of aromatic nitrogens is 1. The summed E-state index contributed by atoms with van der Waals surface area (Å²) in [5.41, 5.74) is 4.06. The second kappa shape index (κ2) is 20.5. The lowest BCUT2D eigenvalue weighted by Crippen LogP contribution is -2.36. The summed E-state index contributed by atoms with van der Waals surface area (Å²) < 4.78 is 2.50. The standard InChI is InChI=1S/C28H30N2S2.2C4H4O4/c1-3-10-22(11-4-1)27(23-12-5-2-6-13-23)24-16-19-30(20-17-24)18-9-21-31-28-29-25-14-7-8-15-26(25)32-28;2*5-3(6)1-2-4(7)8/h1-8,10-15,24,27H,9,16-21H2;2*1-2H,(H,5,6)(H,7,8)/b;2*2-1-. The van der Waals surface area contributed by atoms with Crippen LogP contribution in [0.25, 0.3) is 10.2 Å². The fourth-order valence-electron chi connectivity index (χ4n) is 5.21. The lowest BCUT2D eigenvalue weighted by Gasteiger charge is -2.36. The van der Waals surface area contributed by atoms with Gasteiger partial charge in [0.25, 0.3) is 0 Å². The van der Waals surface area contributed by atoms with Crippen LogP contribution in [-0.4, -0.2) is 79.6 Å². The molecule has 0 aliphatic carbocycles. The van der Waals surface area contributed by atoms with Crippen molar-refractivity contribution in [3.63, 3.8) is 0 Å². The highest BCUT2D eigenvalue weighted by molar-refractivity contribution is 8.01. The molecular weight excluding hydrogens is 653 g/mol. The van der Waals surface area contributed by atoms with Gasteiger partial charge < -0.3 is 25.3 Å². The molecule has 3 aromatic carbocycles. The normalized spacial score (nSPS) is 13.5. The van der Waals surface area contributed by atoms with Crippen molar-refractivity contribution in [3.05, 3.63) is 120 Å². The Bertz CT molecular complexity index is 1530. The van der Waals surface area contributed by atoms with Crippen LogP contribution in [0.4, 0.5) is 0 Å². The molecule has 4 N–H and O–H groups in total. The zero-order valence-corrected chi connectivity index (χ0v) is 27.8. The second-order valence-corrected chi connectivity index (χ2v) is 13.0. The van der Waals surface area contributed by atoms with Crippen LogP contribution in [0.5, 0.6) is 0 Å². The highest BCUT2D eigenvalue weighted by Gasteiger charge is 2.28. The summed E-state index contributed by atoms with van der Waals surface area (Å²) in [6.07, 6.45) is 6.01. The van der Waals surface area contributed by atoms with E-state index in [-0.39, 0.29) is 0 Å². The quantitative estimate of drug-likeness (QED) is 0.0706. The average Bonchev–Trinajstić information content (AvgIpc) is 3.50. The molecule has 1 aliphatic rings. The minimum atomic E-state index is -1.26. The highest BCUT2D eigenvalue weighted by atomic mass is 32.2. The first-order chi connectivity index (χ1) is 23.1. The molecule has 0 spiro atoms. The van der Waals surface area contributed by atoms with Gasteiger partial charge >= 0.3 is 23.9 Å². The van der Waals surface area contributed by atoms with Crippen molar-refractivity contribution in [3.8, 4) is 0 Å². The van der Waals surface area contributed by atoms with Gasteiger partial charge in [0, 0.05) is 36.0 Å². The van der Waals surface area contributed by atoms with Crippen molar-refractivity contribution >= 4 is 57.2 Å². The molecule has 0 radical (unpaired) electrons. The van der Waals surface area contributed by atoms with E-state index in [0.717, 1.165) is 11.3 Å². The Kier molecular flexibility index (Phi) is 16.1. The molecule has 1 aliphatic heterocycles. The molecule has 5 rings (SSSR count). The molecule has 0 unspecified atom stereocenters. The SMILES string of the molecule is O=C(O)/C=C\C(=O)O.O=C(O)/C=C\C(=O)O.c1ccc(C(c2ccccc2)C2CCN(CCCSc3nc4ccccc4s3)CC2)cc1. The highest BCUT2D eigenvalue weighted by Crippen LogP contribution is 2.38. The van der Waals surface area contributed by atoms with Gasteiger partial charge in [-0.25, -0.2) is 24.2 Å². The number of piperidine rings is 1. The lowest BCUT2D eigenvalue weighted by molar-refractivity contribution is -0.134. The van der Waals surface area contributed by atoms with Crippen molar-refractivity contribution in [2.24, 2.45) is 5.92 Å². The molecule has 1 fully saturated rings. The van der Waals surface area contributed by atoms with Crippen LogP contribution in [0, 0.1) is 5.92 Å². The topological polar surface area (TPSA) is 165 Å². The molecule has 252 valence electrons. The summed E-state index contributed by atoms with van der Waals surface area (Å²) in [7, 11) is 0. The van der Waals surface area contributed by atoms with Crippen molar-refractivity contribution in [2.75, 3.05) is 25.4 Å². The molecule has 0 amide bonds.